The van der Waals surface area contributed by atoms with Crippen molar-refractivity contribution in [2.24, 2.45) is 0 Å². The molecule has 216 valence electrons. The Morgan fingerprint density at radius 2 is 1.78 bits per heavy atom. The summed E-state index contributed by atoms with van der Waals surface area (Å²) in [5, 5.41) is 3.65. The number of rotatable bonds is 8. The quantitative estimate of drug-likeness (QED) is 0.223. The van der Waals surface area contributed by atoms with Crippen molar-refractivity contribution >= 4 is 32.7 Å². The highest BCUT2D eigenvalue weighted by Gasteiger charge is 2.25. The fourth-order valence-corrected chi connectivity index (χ4v) is 6.47. The Hall–Kier alpha value is -3.82. The van der Waals surface area contributed by atoms with Gasteiger partial charge in [-0.3, -0.25) is 9.62 Å². The number of fused-ring (bicyclic) bond motifs is 1. The van der Waals surface area contributed by atoms with Gasteiger partial charge in [-0.05, 0) is 72.8 Å². The van der Waals surface area contributed by atoms with Crippen LogP contribution in [0.2, 0.25) is 0 Å². The molecule has 41 heavy (non-hydrogen) atoms. The summed E-state index contributed by atoms with van der Waals surface area (Å²) in [6.07, 6.45) is 1.65. The van der Waals surface area contributed by atoms with Crippen LogP contribution in [0.15, 0.2) is 77.7 Å². The van der Waals surface area contributed by atoms with Gasteiger partial charge in [-0.2, -0.15) is 0 Å². The van der Waals surface area contributed by atoms with Gasteiger partial charge < -0.3 is 15.0 Å². The lowest BCUT2D eigenvalue weighted by molar-refractivity contribution is 0.192. The maximum atomic E-state index is 13.2. The number of amides is 1. The van der Waals surface area contributed by atoms with Crippen molar-refractivity contribution in [3.05, 3.63) is 78.4 Å². The van der Waals surface area contributed by atoms with Crippen molar-refractivity contribution in [1.29, 1.82) is 0 Å². The summed E-state index contributed by atoms with van der Waals surface area (Å²) in [7, 11) is -3.82. The Kier molecular flexibility index (Phi) is 8.11. The molecular formula is C32H38N4O4S. The molecule has 2 heterocycles. The summed E-state index contributed by atoms with van der Waals surface area (Å²) in [6.45, 7) is 10.9. The molecule has 1 unspecified atom stereocenters. The molecule has 1 aliphatic rings. The Bertz CT molecular complexity index is 1620. The van der Waals surface area contributed by atoms with Gasteiger partial charge >= 0.3 is 6.09 Å². The zero-order valence-electron chi connectivity index (χ0n) is 24.0. The standard InChI is InChI=1S/C32H38N4O4S/c1-5-36-19-9-12-25(36)21-33-31(37)40-30-29(22-10-7-6-8-11-22)27-20-24(15-18-28(27)34-30)35-41(38,39)26-16-13-23(14-17-26)32(2,3)4/h6-8,10-11,13-18,20,25,34-35H,5,9,12,19,21H2,1-4H3,(H,33,37). The number of carbonyl (C=O) groups excluding carboxylic acids is 1. The third kappa shape index (κ3) is 6.41. The smallest absolute Gasteiger partial charge is 0.393 e. The Morgan fingerprint density at radius 3 is 2.46 bits per heavy atom. The van der Waals surface area contributed by atoms with Gasteiger partial charge in [0.2, 0.25) is 5.88 Å². The fraction of sp³-hybridized carbons (Fsp3) is 0.344. The van der Waals surface area contributed by atoms with E-state index in [1.807, 2.05) is 42.5 Å². The Balaban J connectivity index is 1.41. The molecule has 1 fully saturated rings. The minimum absolute atomic E-state index is 0.0775. The minimum Gasteiger partial charge on any atom is -0.393 e. The van der Waals surface area contributed by atoms with Crippen LogP contribution in [-0.4, -0.2) is 50.1 Å². The molecule has 3 N–H and O–H groups in total. The molecule has 0 saturated carbocycles. The van der Waals surface area contributed by atoms with Crippen molar-refractivity contribution in [2.75, 3.05) is 24.4 Å². The normalized spacial score (nSPS) is 16.1. The summed E-state index contributed by atoms with van der Waals surface area (Å²) >= 11 is 0. The topological polar surface area (TPSA) is 104 Å². The number of hydrogen-bond donors (Lipinski definition) is 3. The first-order valence-electron chi connectivity index (χ1n) is 14.1. The van der Waals surface area contributed by atoms with Crippen LogP contribution in [0.5, 0.6) is 5.88 Å². The van der Waals surface area contributed by atoms with E-state index in [-0.39, 0.29) is 10.3 Å². The van der Waals surface area contributed by atoms with E-state index in [2.05, 4.69) is 47.6 Å². The maximum Gasteiger partial charge on any atom is 0.413 e. The molecule has 5 rings (SSSR count). The second-order valence-corrected chi connectivity index (χ2v) is 13.2. The summed E-state index contributed by atoms with van der Waals surface area (Å²) in [5.41, 5.74) is 3.63. The van der Waals surface area contributed by atoms with Crippen LogP contribution >= 0.6 is 0 Å². The fourth-order valence-electron chi connectivity index (χ4n) is 5.42. The molecule has 1 aliphatic heterocycles. The molecule has 4 aromatic rings. The monoisotopic (exact) mass is 574 g/mol. The lowest BCUT2D eigenvalue weighted by atomic mass is 9.87. The lowest BCUT2D eigenvalue weighted by Gasteiger charge is -2.22. The number of benzene rings is 3. The predicted molar refractivity (Wildman–Crippen MR) is 164 cm³/mol. The number of likely N-dealkylation sites (tertiary alicyclic amines) is 1. The average molecular weight is 575 g/mol. The van der Waals surface area contributed by atoms with Crippen molar-refractivity contribution in [1.82, 2.24) is 15.2 Å². The summed E-state index contributed by atoms with van der Waals surface area (Å²) < 4.78 is 35.0. The summed E-state index contributed by atoms with van der Waals surface area (Å²) in [6, 6.07) is 22.1. The zero-order valence-corrected chi connectivity index (χ0v) is 24.8. The molecule has 0 aliphatic carbocycles. The van der Waals surface area contributed by atoms with E-state index < -0.39 is 16.1 Å². The first-order chi connectivity index (χ1) is 19.5. The number of likely N-dealkylation sites (N-methyl/N-ethyl adjacent to an activating group) is 1. The second-order valence-electron chi connectivity index (χ2n) is 11.5. The molecule has 3 aromatic carbocycles. The number of aromatic nitrogens is 1. The molecule has 1 saturated heterocycles. The van der Waals surface area contributed by atoms with E-state index in [1.165, 1.54) is 0 Å². The Labute approximate surface area is 242 Å². The number of hydrogen-bond acceptors (Lipinski definition) is 5. The van der Waals surface area contributed by atoms with E-state index in [9.17, 15) is 13.2 Å². The number of anilines is 1. The maximum absolute atomic E-state index is 13.2. The average Bonchev–Trinajstić information content (AvgIpc) is 3.55. The van der Waals surface area contributed by atoms with E-state index in [0.29, 0.717) is 29.7 Å². The van der Waals surface area contributed by atoms with Crippen LogP contribution in [0.1, 0.15) is 46.1 Å². The number of carbonyl (C=O) groups is 1. The molecule has 1 aromatic heterocycles. The first kappa shape index (κ1) is 28.7. The molecule has 9 heteroatoms. The minimum atomic E-state index is -3.82. The number of ether oxygens (including phenoxy) is 1. The highest BCUT2D eigenvalue weighted by molar-refractivity contribution is 7.92. The van der Waals surface area contributed by atoms with Gasteiger partial charge in [0.25, 0.3) is 10.0 Å². The van der Waals surface area contributed by atoms with Crippen molar-refractivity contribution in [3.8, 4) is 17.0 Å². The number of nitrogens with zero attached hydrogens (tertiary/aromatic N) is 1. The van der Waals surface area contributed by atoms with Gasteiger partial charge in [-0.15, -0.1) is 0 Å². The molecule has 0 spiro atoms. The van der Waals surface area contributed by atoms with Crippen LogP contribution in [0.4, 0.5) is 10.5 Å². The van der Waals surface area contributed by atoms with Crippen LogP contribution in [0.25, 0.3) is 22.0 Å². The number of aromatic amines is 1. The van der Waals surface area contributed by atoms with Gasteiger partial charge in [0.15, 0.2) is 0 Å². The zero-order chi connectivity index (χ0) is 29.2. The van der Waals surface area contributed by atoms with E-state index >= 15 is 0 Å². The molecular weight excluding hydrogens is 536 g/mol. The van der Waals surface area contributed by atoms with Crippen LogP contribution in [0, 0.1) is 0 Å². The highest BCUT2D eigenvalue weighted by atomic mass is 32.2. The number of nitrogens with one attached hydrogen (secondary N) is 3. The van der Waals surface area contributed by atoms with Crippen LogP contribution < -0.4 is 14.8 Å². The van der Waals surface area contributed by atoms with Crippen LogP contribution in [-0.2, 0) is 15.4 Å². The molecule has 1 atom stereocenters. The van der Waals surface area contributed by atoms with Gasteiger partial charge in [-0.25, -0.2) is 13.2 Å². The number of H-pyrrole nitrogens is 1. The van der Waals surface area contributed by atoms with E-state index in [4.69, 9.17) is 4.74 Å². The second kappa shape index (κ2) is 11.6. The third-order valence-corrected chi connectivity index (χ3v) is 9.09. The van der Waals surface area contributed by atoms with Crippen molar-refractivity contribution in [2.45, 2.75) is 56.9 Å². The first-order valence-corrected chi connectivity index (χ1v) is 15.6. The van der Waals surface area contributed by atoms with Crippen molar-refractivity contribution in [3.63, 3.8) is 0 Å². The Morgan fingerprint density at radius 1 is 1.05 bits per heavy atom. The number of sulfonamides is 1. The van der Waals surface area contributed by atoms with E-state index in [0.717, 1.165) is 48.0 Å². The lowest BCUT2D eigenvalue weighted by Crippen LogP contribution is -2.41. The highest BCUT2D eigenvalue weighted by Crippen LogP contribution is 2.39. The van der Waals surface area contributed by atoms with Crippen molar-refractivity contribution < 1.29 is 17.9 Å². The summed E-state index contributed by atoms with van der Waals surface area (Å²) in [5.74, 6) is 0.306. The third-order valence-electron chi connectivity index (χ3n) is 7.69. The molecule has 0 radical (unpaired) electrons. The summed E-state index contributed by atoms with van der Waals surface area (Å²) in [4.78, 5) is 18.6. The molecule has 1 amide bonds. The predicted octanol–water partition coefficient (Wildman–Crippen LogP) is 6.51. The van der Waals surface area contributed by atoms with Gasteiger partial charge in [0.1, 0.15) is 0 Å². The van der Waals surface area contributed by atoms with Gasteiger partial charge in [-0.1, -0.05) is 70.2 Å². The van der Waals surface area contributed by atoms with Gasteiger partial charge in [0, 0.05) is 29.2 Å². The SMILES string of the molecule is CCN1CCCC1CNC(=O)Oc1[nH]c2ccc(NS(=O)(=O)c3ccc(C(C)(C)C)cc3)cc2c1-c1ccccc1. The largest absolute Gasteiger partial charge is 0.413 e. The van der Waals surface area contributed by atoms with E-state index in [1.54, 1.807) is 30.3 Å². The van der Waals surface area contributed by atoms with Gasteiger partial charge in [0.05, 0.1) is 10.5 Å². The molecule has 8 nitrogen and oxygen atoms in total. The molecule has 0 bridgehead atoms. The van der Waals surface area contributed by atoms with Crippen LogP contribution in [0.3, 0.4) is 0 Å².